The smallest absolute Gasteiger partial charge is 0.126 e. The van der Waals surface area contributed by atoms with Gasteiger partial charge in [-0.15, -0.1) is 0 Å². The SMILES string of the molecule is CCC(C)(OC)C(NN)c1cc(F)cc(F)c1. The molecular weight excluding hydrogens is 226 g/mol. The van der Waals surface area contributed by atoms with Crippen LogP contribution in [-0.2, 0) is 4.74 Å². The van der Waals surface area contributed by atoms with Gasteiger partial charge in [-0.25, -0.2) is 8.78 Å². The van der Waals surface area contributed by atoms with Gasteiger partial charge in [0, 0.05) is 13.2 Å². The minimum atomic E-state index is -0.630. The second-order valence-electron chi connectivity index (χ2n) is 4.17. The van der Waals surface area contributed by atoms with Crippen LogP contribution in [0.5, 0.6) is 0 Å². The third-order valence-corrected chi connectivity index (χ3v) is 3.16. The largest absolute Gasteiger partial charge is 0.376 e. The summed E-state index contributed by atoms with van der Waals surface area (Å²) < 4.78 is 31.7. The van der Waals surface area contributed by atoms with E-state index < -0.39 is 23.3 Å². The molecule has 17 heavy (non-hydrogen) atoms. The van der Waals surface area contributed by atoms with Gasteiger partial charge in [-0.1, -0.05) is 6.92 Å². The Morgan fingerprint density at radius 3 is 2.24 bits per heavy atom. The molecule has 0 bridgehead atoms. The van der Waals surface area contributed by atoms with E-state index in [9.17, 15) is 8.78 Å². The highest BCUT2D eigenvalue weighted by atomic mass is 19.1. The molecule has 0 heterocycles. The lowest BCUT2D eigenvalue weighted by atomic mass is 9.88. The minimum absolute atomic E-state index is 0.427. The van der Waals surface area contributed by atoms with Crippen molar-refractivity contribution in [1.82, 2.24) is 5.43 Å². The van der Waals surface area contributed by atoms with Crippen LogP contribution in [0.2, 0.25) is 0 Å². The molecule has 0 aliphatic rings. The van der Waals surface area contributed by atoms with Gasteiger partial charge in [-0.3, -0.25) is 11.3 Å². The summed E-state index contributed by atoms with van der Waals surface area (Å²) in [6, 6.07) is 2.84. The molecule has 0 spiro atoms. The Hall–Kier alpha value is -1.04. The number of nitrogens with one attached hydrogen (secondary N) is 1. The predicted octanol–water partition coefficient (Wildman–Crippen LogP) is 2.28. The molecule has 0 radical (unpaired) electrons. The van der Waals surface area contributed by atoms with Crippen LogP contribution in [0.3, 0.4) is 0 Å². The third kappa shape index (κ3) is 3.00. The van der Waals surface area contributed by atoms with E-state index in [4.69, 9.17) is 10.6 Å². The van der Waals surface area contributed by atoms with E-state index in [2.05, 4.69) is 5.43 Å². The Morgan fingerprint density at radius 1 is 1.35 bits per heavy atom. The molecule has 3 nitrogen and oxygen atoms in total. The maximum absolute atomic E-state index is 13.2. The van der Waals surface area contributed by atoms with Gasteiger partial charge < -0.3 is 4.74 Å². The van der Waals surface area contributed by atoms with Gasteiger partial charge in [0.05, 0.1) is 11.6 Å². The van der Waals surface area contributed by atoms with E-state index in [1.54, 1.807) is 7.11 Å². The average Bonchev–Trinajstić information content (AvgIpc) is 2.28. The van der Waals surface area contributed by atoms with E-state index >= 15 is 0 Å². The molecule has 0 aliphatic carbocycles. The first-order valence-electron chi connectivity index (χ1n) is 5.44. The van der Waals surface area contributed by atoms with Crippen molar-refractivity contribution in [2.24, 2.45) is 5.84 Å². The predicted molar refractivity (Wildman–Crippen MR) is 62.1 cm³/mol. The zero-order chi connectivity index (χ0) is 13.1. The van der Waals surface area contributed by atoms with Crippen molar-refractivity contribution in [3.63, 3.8) is 0 Å². The summed E-state index contributed by atoms with van der Waals surface area (Å²) in [5, 5.41) is 0. The van der Waals surface area contributed by atoms with Crippen LogP contribution in [0.4, 0.5) is 8.78 Å². The maximum atomic E-state index is 13.2. The molecular formula is C12H18F2N2O. The number of hydrogen-bond donors (Lipinski definition) is 2. The summed E-state index contributed by atoms with van der Waals surface area (Å²) in [7, 11) is 1.55. The Kier molecular flexibility index (Phi) is 4.56. The lowest BCUT2D eigenvalue weighted by Gasteiger charge is -2.35. The van der Waals surface area contributed by atoms with Crippen LogP contribution in [0, 0.1) is 11.6 Å². The van der Waals surface area contributed by atoms with E-state index in [1.165, 1.54) is 12.1 Å². The van der Waals surface area contributed by atoms with E-state index in [0.717, 1.165) is 6.07 Å². The van der Waals surface area contributed by atoms with Crippen LogP contribution in [0.15, 0.2) is 18.2 Å². The second-order valence-corrected chi connectivity index (χ2v) is 4.17. The van der Waals surface area contributed by atoms with Gasteiger partial charge in [0.2, 0.25) is 0 Å². The molecule has 96 valence electrons. The van der Waals surface area contributed by atoms with E-state index in [-0.39, 0.29) is 0 Å². The Morgan fingerprint density at radius 2 is 1.88 bits per heavy atom. The number of hydrogen-bond acceptors (Lipinski definition) is 3. The van der Waals surface area contributed by atoms with Crippen LogP contribution in [-0.4, -0.2) is 12.7 Å². The highest BCUT2D eigenvalue weighted by molar-refractivity contribution is 5.24. The van der Waals surface area contributed by atoms with Gasteiger partial charge >= 0.3 is 0 Å². The molecule has 0 amide bonds. The van der Waals surface area contributed by atoms with Gasteiger partial charge in [-0.05, 0) is 31.0 Å². The summed E-state index contributed by atoms with van der Waals surface area (Å²) in [5.41, 5.74) is 2.35. The van der Waals surface area contributed by atoms with Crippen molar-refractivity contribution in [1.29, 1.82) is 0 Å². The summed E-state index contributed by atoms with van der Waals surface area (Å²) >= 11 is 0. The van der Waals surface area contributed by atoms with Crippen molar-refractivity contribution < 1.29 is 13.5 Å². The quantitative estimate of drug-likeness (QED) is 0.617. The lowest BCUT2D eigenvalue weighted by Crippen LogP contribution is -2.45. The molecule has 5 heteroatoms. The first kappa shape index (κ1) is 14.0. The molecule has 0 fully saturated rings. The fourth-order valence-corrected chi connectivity index (χ4v) is 1.83. The normalized spacial score (nSPS) is 16.6. The fourth-order valence-electron chi connectivity index (χ4n) is 1.83. The summed E-state index contributed by atoms with van der Waals surface area (Å²) in [6.07, 6.45) is 0.649. The number of ether oxygens (including phenoxy) is 1. The molecule has 0 aromatic heterocycles. The number of benzene rings is 1. The van der Waals surface area contributed by atoms with Gasteiger partial charge in [0.1, 0.15) is 11.6 Å². The highest BCUT2D eigenvalue weighted by Crippen LogP contribution is 2.31. The number of rotatable bonds is 5. The van der Waals surface area contributed by atoms with Crippen LogP contribution < -0.4 is 11.3 Å². The third-order valence-electron chi connectivity index (χ3n) is 3.16. The molecule has 0 saturated carbocycles. The zero-order valence-electron chi connectivity index (χ0n) is 10.3. The van der Waals surface area contributed by atoms with Gasteiger partial charge in [0.15, 0.2) is 0 Å². The van der Waals surface area contributed by atoms with Crippen molar-refractivity contribution in [3.8, 4) is 0 Å². The van der Waals surface area contributed by atoms with Crippen LogP contribution >= 0.6 is 0 Å². The summed E-state index contributed by atoms with van der Waals surface area (Å²) in [4.78, 5) is 0. The highest BCUT2D eigenvalue weighted by Gasteiger charge is 2.33. The van der Waals surface area contributed by atoms with E-state index in [0.29, 0.717) is 12.0 Å². The first-order valence-corrected chi connectivity index (χ1v) is 5.44. The minimum Gasteiger partial charge on any atom is -0.376 e. The van der Waals surface area contributed by atoms with Crippen LogP contribution in [0.25, 0.3) is 0 Å². The zero-order valence-corrected chi connectivity index (χ0v) is 10.3. The molecule has 1 aromatic carbocycles. The van der Waals surface area contributed by atoms with Crippen molar-refractivity contribution in [2.75, 3.05) is 7.11 Å². The molecule has 2 atom stereocenters. The van der Waals surface area contributed by atoms with Gasteiger partial charge in [-0.2, -0.15) is 0 Å². The van der Waals surface area contributed by atoms with Crippen molar-refractivity contribution >= 4 is 0 Å². The standard InChI is InChI=1S/C12H18F2N2O/c1-4-12(2,17-3)11(16-15)8-5-9(13)7-10(14)6-8/h5-7,11,16H,4,15H2,1-3H3. The monoisotopic (exact) mass is 244 g/mol. The number of hydrazine groups is 1. The molecule has 1 aromatic rings. The second kappa shape index (κ2) is 5.53. The average molecular weight is 244 g/mol. The molecule has 1 rings (SSSR count). The Balaban J connectivity index is 3.17. The Bertz CT molecular complexity index is 361. The lowest BCUT2D eigenvalue weighted by molar-refractivity contribution is -0.0301. The van der Waals surface area contributed by atoms with Crippen molar-refractivity contribution in [3.05, 3.63) is 35.4 Å². The molecule has 3 N–H and O–H groups in total. The van der Waals surface area contributed by atoms with Crippen LogP contribution in [0.1, 0.15) is 31.9 Å². The Labute approximate surface area is 99.9 Å². The molecule has 0 saturated heterocycles. The fraction of sp³-hybridized carbons (Fsp3) is 0.500. The topological polar surface area (TPSA) is 47.3 Å². The maximum Gasteiger partial charge on any atom is 0.126 e. The van der Waals surface area contributed by atoms with Gasteiger partial charge in [0.25, 0.3) is 0 Å². The number of halogens is 2. The first-order chi connectivity index (χ1) is 7.96. The van der Waals surface area contributed by atoms with E-state index in [1.807, 2.05) is 13.8 Å². The summed E-state index contributed by atoms with van der Waals surface area (Å²) in [6.45, 7) is 3.75. The molecule has 2 unspecified atom stereocenters. The number of methoxy groups -OCH3 is 1. The summed E-state index contributed by atoms with van der Waals surface area (Å²) in [5.74, 6) is 4.21. The molecule has 0 aliphatic heterocycles. The number of nitrogens with two attached hydrogens (primary N) is 1. The van der Waals surface area contributed by atoms with Crippen molar-refractivity contribution in [2.45, 2.75) is 31.9 Å².